The summed E-state index contributed by atoms with van der Waals surface area (Å²) >= 11 is 0. The van der Waals surface area contributed by atoms with Crippen molar-refractivity contribution in [3.05, 3.63) is 47.8 Å². The van der Waals surface area contributed by atoms with Crippen LogP contribution in [0.25, 0.3) is 0 Å². The van der Waals surface area contributed by atoms with E-state index in [0.717, 1.165) is 0 Å². The van der Waals surface area contributed by atoms with E-state index >= 15 is 0 Å². The number of anilines is 1. The van der Waals surface area contributed by atoms with Gasteiger partial charge in [-0.3, -0.25) is 9.48 Å². The monoisotopic (exact) mass is 287 g/mol. The molecule has 0 bridgehead atoms. The van der Waals surface area contributed by atoms with Crippen molar-refractivity contribution in [1.29, 1.82) is 0 Å². The third-order valence-electron chi connectivity index (χ3n) is 3.05. The molecule has 0 aliphatic rings. The summed E-state index contributed by atoms with van der Waals surface area (Å²) in [7, 11) is 0. The van der Waals surface area contributed by atoms with E-state index < -0.39 is 5.97 Å². The summed E-state index contributed by atoms with van der Waals surface area (Å²) in [6.07, 6.45) is 2.54. The van der Waals surface area contributed by atoms with Crippen molar-refractivity contribution in [2.24, 2.45) is 0 Å². The molecule has 0 saturated carbocycles. The van der Waals surface area contributed by atoms with Gasteiger partial charge in [0.2, 0.25) is 5.91 Å². The number of carbonyl (C=O) groups is 2. The maximum absolute atomic E-state index is 11.9. The van der Waals surface area contributed by atoms with Crippen LogP contribution in [0.1, 0.15) is 35.7 Å². The Hall–Kier alpha value is -2.63. The average Bonchev–Trinajstić information content (AvgIpc) is 2.87. The van der Waals surface area contributed by atoms with Crippen LogP contribution in [0.4, 0.5) is 5.69 Å². The zero-order chi connectivity index (χ0) is 15.4. The number of amides is 1. The van der Waals surface area contributed by atoms with Crippen molar-refractivity contribution in [3.63, 3.8) is 0 Å². The Morgan fingerprint density at radius 1 is 1.29 bits per heavy atom. The standard InChI is InChI=1S/C15H17N3O3/c1-10(2)11-3-5-13(6-4-11)17-14(19)9-18-8-12(7-16-18)15(20)21/h3-8,10H,9H2,1-2H3,(H,17,19)(H,20,21). The fourth-order valence-corrected chi connectivity index (χ4v) is 1.86. The van der Waals surface area contributed by atoms with E-state index in [0.29, 0.717) is 11.6 Å². The third kappa shape index (κ3) is 3.92. The van der Waals surface area contributed by atoms with Crippen LogP contribution in [0, 0.1) is 0 Å². The highest BCUT2D eigenvalue weighted by molar-refractivity contribution is 5.91. The number of hydrogen-bond donors (Lipinski definition) is 2. The van der Waals surface area contributed by atoms with Gasteiger partial charge in [-0.2, -0.15) is 5.10 Å². The molecule has 2 aromatic rings. The van der Waals surface area contributed by atoms with Crippen LogP contribution >= 0.6 is 0 Å². The number of aromatic nitrogens is 2. The van der Waals surface area contributed by atoms with Crippen LogP contribution < -0.4 is 5.32 Å². The predicted octanol–water partition coefficient (Wildman–Crippen LogP) is 2.34. The molecule has 0 unspecified atom stereocenters. The molecule has 21 heavy (non-hydrogen) atoms. The lowest BCUT2D eigenvalue weighted by atomic mass is 10.0. The number of hydrogen-bond acceptors (Lipinski definition) is 3. The van der Waals surface area contributed by atoms with E-state index in [-0.39, 0.29) is 18.0 Å². The minimum atomic E-state index is -1.06. The molecular weight excluding hydrogens is 270 g/mol. The van der Waals surface area contributed by atoms with Gasteiger partial charge in [0.1, 0.15) is 6.54 Å². The van der Waals surface area contributed by atoms with Gasteiger partial charge in [0, 0.05) is 11.9 Å². The van der Waals surface area contributed by atoms with Crippen molar-refractivity contribution >= 4 is 17.6 Å². The fraction of sp³-hybridized carbons (Fsp3) is 0.267. The Kier molecular flexibility index (Phi) is 4.37. The van der Waals surface area contributed by atoms with E-state index in [1.807, 2.05) is 24.3 Å². The molecule has 1 heterocycles. The molecule has 110 valence electrons. The van der Waals surface area contributed by atoms with E-state index in [2.05, 4.69) is 24.3 Å². The number of aromatic carboxylic acids is 1. The molecule has 6 nitrogen and oxygen atoms in total. The second kappa shape index (κ2) is 6.21. The zero-order valence-corrected chi connectivity index (χ0v) is 11.9. The predicted molar refractivity (Wildman–Crippen MR) is 78.3 cm³/mol. The first-order valence-corrected chi connectivity index (χ1v) is 6.61. The summed E-state index contributed by atoms with van der Waals surface area (Å²) < 4.78 is 1.29. The SMILES string of the molecule is CC(C)c1ccc(NC(=O)Cn2cc(C(=O)O)cn2)cc1. The van der Waals surface area contributed by atoms with Gasteiger partial charge < -0.3 is 10.4 Å². The lowest BCUT2D eigenvalue weighted by molar-refractivity contribution is -0.116. The molecule has 0 atom stereocenters. The van der Waals surface area contributed by atoms with Gasteiger partial charge in [0.05, 0.1) is 11.8 Å². The highest BCUT2D eigenvalue weighted by atomic mass is 16.4. The molecular formula is C15H17N3O3. The number of nitrogens with zero attached hydrogens (tertiary/aromatic N) is 2. The van der Waals surface area contributed by atoms with Crippen LogP contribution in [-0.2, 0) is 11.3 Å². The molecule has 0 spiro atoms. The Morgan fingerprint density at radius 3 is 2.48 bits per heavy atom. The van der Waals surface area contributed by atoms with Crippen molar-refractivity contribution < 1.29 is 14.7 Å². The molecule has 2 N–H and O–H groups in total. The van der Waals surface area contributed by atoms with Gasteiger partial charge in [-0.25, -0.2) is 4.79 Å². The lowest BCUT2D eigenvalue weighted by Crippen LogP contribution is -2.19. The number of carboxylic acids is 1. The second-order valence-corrected chi connectivity index (χ2v) is 5.06. The molecule has 1 aromatic heterocycles. The van der Waals surface area contributed by atoms with E-state index in [9.17, 15) is 9.59 Å². The molecule has 0 saturated heterocycles. The van der Waals surface area contributed by atoms with E-state index in [1.165, 1.54) is 22.6 Å². The molecule has 2 rings (SSSR count). The Labute approximate surface area is 122 Å². The van der Waals surface area contributed by atoms with Gasteiger partial charge in [-0.05, 0) is 23.6 Å². The number of rotatable bonds is 5. The van der Waals surface area contributed by atoms with Crippen LogP contribution in [0.5, 0.6) is 0 Å². The average molecular weight is 287 g/mol. The number of carboxylic acid groups (broad SMARTS) is 1. The molecule has 0 radical (unpaired) electrons. The minimum absolute atomic E-state index is 0.0286. The third-order valence-corrected chi connectivity index (χ3v) is 3.05. The Balaban J connectivity index is 1.96. The molecule has 1 amide bonds. The van der Waals surface area contributed by atoms with Gasteiger partial charge in [0.15, 0.2) is 0 Å². The van der Waals surface area contributed by atoms with E-state index in [4.69, 9.17) is 5.11 Å². The summed E-state index contributed by atoms with van der Waals surface area (Å²) in [6, 6.07) is 7.63. The first kappa shape index (κ1) is 14.8. The maximum atomic E-state index is 11.9. The second-order valence-electron chi connectivity index (χ2n) is 5.06. The summed E-state index contributed by atoms with van der Waals surface area (Å²) in [4.78, 5) is 22.6. The van der Waals surface area contributed by atoms with Crippen LogP contribution in [-0.4, -0.2) is 26.8 Å². The first-order chi connectivity index (χ1) is 9.95. The number of nitrogens with one attached hydrogen (secondary N) is 1. The fourth-order valence-electron chi connectivity index (χ4n) is 1.86. The number of benzene rings is 1. The summed E-state index contributed by atoms with van der Waals surface area (Å²) in [6.45, 7) is 4.18. The first-order valence-electron chi connectivity index (χ1n) is 6.61. The van der Waals surface area contributed by atoms with Gasteiger partial charge >= 0.3 is 5.97 Å². The Morgan fingerprint density at radius 2 is 1.95 bits per heavy atom. The quantitative estimate of drug-likeness (QED) is 0.884. The summed E-state index contributed by atoms with van der Waals surface area (Å²) in [5, 5.41) is 15.4. The van der Waals surface area contributed by atoms with Crippen LogP contribution in [0.15, 0.2) is 36.7 Å². The molecule has 0 aliphatic carbocycles. The minimum Gasteiger partial charge on any atom is -0.478 e. The molecule has 0 fully saturated rings. The lowest BCUT2D eigenvalue weighted by Gasteiger charge is -2.08. The topological polar surface area (TPSA) is 84.2 Å². The maximum Gasteiger partial charge on any atom is 0.338 e. The van der Waals surface area contributed by atoms with E-state index in [1.54, 1.807) is 0 Å². The van der Waals surface area contributed by atoms with Gasteiger partial charge in [-0.15, -0.1) is 0 Å². The summed E-state index contributed by atoms with van der Waals surface area (Å²) in [5.41, 5.74) is 1.96. The number of carbonyl (C=O) groups excluding carboxylic acids is 1. The smallest absolute Gasteiger partial charge is 0.338 e. The van der Waals surface area contributed by atoms with Crippen molar-refractivity contribution in [2.75, 3.05) is 5.32 Å². The van der Waals surface area contributed by atoms with Gasteiger partial charge in [0.25, 0.3) is 0 Å². The van der Waals surface area contributed by atoms with Crippen molar-refractivity contribution in [1.82, 2.24) is 9.78 Å². The van der Waals surface area contributed by atoms with Crippen LogP contribution in [0.2, 0.25) is 0 Å². The highest BCUT2D eigenvalue weighted by Gasteiger charge is 2.09. The Bertz CT molecular complexity index is 644. The highest BCUT2D eigenvalue weighted by Crippen LogP contribution is 2.17. The van der Waals surface area contributed by atoms with Crippen molar-refractivity contribution in [2.45, 2.75) is 26.3 Å². The molecule has 6 heteroatoms. The van der Waals surface area contributed by atoms with Gasteiger partial charge in [-0.1, -0.05) is 26.0 Å². The zero-order valence-electron chi connectivity index (χ0n) is 11.9. The largest absolute Gasteiger partial charge is 0.478 e. The van der Waals surface area contributed by atoms with Crippen LogP contribution in [0.3, 0.4) is 0 Å². The summed E-state index contributed by atoms with van der Waals surface area (Å²) in [5.74, 6) is -0.883. The molecule has 0 aliphatic heterocycles. The normalized spacial score (nSPS) is 10.6. The molecule has 1 aromatic carbocycles. The van der Waals surface area contributed by atoms with Crippen molar-refractivity contribution in [3.8, 4) is 0 Å².